The van der Waals surface area contributed by atoms with Crippen LogP contribution in [0, 0.1) is 0 Å². The molecule has 148 valence electrons. The number of methoxy groups -OCH3 is 1. The first-order valence-electron chi connectivity index (χ1n) is 9.42. The molecule has 29 heavy (non-hydrogen) atoms. The summed E-state index contributed by atoms with van der Waals surface area (Å²) >= 11 is 0. The molecule has 1 fully saturated rings. The van der Waals surface area contributed by atoms with Gasteiger partial charge in [-0.25, -0.2) is 15.0 Å². The number of benzene rings is 1. The van der Waals surface area contributed by atoms with Gasteiger partial charge < -0.3 is 19.9 Å². The molecule has 1 aliphatic rings. The van der Waals surface area contributed by atoms with Gasteiger partial charge in [0, 0.05) is 38.4 Å². The van der Waals surface area contributed by atoms with E-state index in [1.54, 1.807) is 31.5 Å². The lowest BCUT2D eigenvalue weighted by Gasteiger charge is -2.36. The minimum atomic E-state index is -0.301. The van der Waals surface area contributed by atoms with Crippen molar-refractivity contribution in [2.75, 3.05) is 48.4 Å². The van der Waals surface area contributed by atoms with E-state index in [9.17, 15) is 4.79 Å². The maximum atomic E-state index is 12.7. The van der Waals surface area contributed by atoms with Crippen molar-refractivity contribution in [1.29, 1.82) is 0 Å². The zero-order valence-corrected chi connectivity index (χ0v) is 16.2. The molecule has 1 aromatic carbocycles. The van der Waals surface area contributed by atoms with Crippen LogP contribution in [0.1, 0.15) is 10.5 Å². The lowest BCUT2D eigenvalue weighted by molar-refractivity contribution is 0.102. The molecule has 0 bridgehead atoms. The molecule has 8 nitrogen and oxygen atoms in total. The third-order valence-electron chi connectivity index (χ3n) is 4.82. The Hall–Kier alpha value is -3.68. The largest absolute Gasteiger partial charge is 0.495 e. The molecule has 4 rings (SSSR count). The molecule has 1 saturated heterocycles. The quantitative estimate of drug-likeness (QED) is 0.716. The third kappa shape index (κ3) is 4.26. The zero-order chi connectivity index (χ0) is 20.1. The SMILES string of the molecule is COc1ccccc1NC(=O)c1cc(N2CCN(c3ccccn3)CC2)ncn1. The summed E-state index contributed by atoms with van der Waals surface area (Å²) < 4.78 is 5.28. The van der Waals surface area contributed by atoms with Gasteiger partial charge in [-0.15, -0.1) is 0 Å². The maximum absolute atomic E-state index is 12.7. The van der Waals surface area contributed by atoms with Crippen molar-refractivity contribution in [2.45, 2.75) is 0 Å². The van der Waals surface area contributed by atoms with Crippen molar-refractivity contribution < 1.29 is 9.53 Å². The number of ether oxygens (including phenoxy) is 1. The second-order valence-electron chi connectivity index (χ2n) is 6.58. The summed E-state index contributed by atoms with van der Waals surface area (Å²) in [5.74, 6) is 2.02. The van der Waals surface area contributed by atoms with Gasteiger partial charge >= 0.3 is 0 Å². The van der Waals surface area contributed by atoms with Crippen molar-refractivity contribution in [2.24, 2.45) is 0 Å². The summed E-state index contributed by atoms with van der Waals surface area (Å²) in [6.07, 6.45) is 3.23. The normalized spacial score (nSPS) is 13.8. The number of rotatable bonds is 5. The molecule has 3 heterocycles. The highest BCUT2D eigenvalue weighted by molar-refractivity contribution is 6.04. The fourth-order valence-corrected chi connectivity index (χ4v) is 3.28. The van der Waals surface area contributed by atoms with E-state index in [-0.39, 0.29) is 5.91 Å². The Morgan fingerprint density at radius 3 is 2.38 bits per heavy atom. The third-order valence-corrected chi connectivity index (χ3v) is 4.82. The van der Waals surface area contributed by atoms with Gasteiger partial charge in [-0.3, -0.25) is 4.79 Å². The summed E-state index contributed by atoms with van der Waals surface area (Å²) in [7, 11) is 1.57. The van der Waals surface area contributed by atoms with Crippen LogP contribution >= 0.6 is 0 Å². The molecule has 0 saturated carbocycles. The first kappa shape index (κ1) is 18.7. The van der Waals surface area contributed by atoms with Gasteiger partial charge in [-0.1, -0.05) is 18.2 Å². The van der Waals surface area contributed by atoms with Crippen molar-refractivity contribution >= 4 is 23.2 Å². The van der Waals surface area contributed by atoms with Crippen molar-refractivity contribution in [3.05, 3.63) is 66.7 Å². The number of hydrogen-bond acceptors (Lipinski definition) is 7. The van der Waals surface area contributed by atoms with E-state index < -0.39 is 0 Å². The van der Waals surface area contributed by atoms with Crippen LogP contribution in [0.25, 0.3) is 0 Å². The molecule has 8 heteroatoms. The lowest BCUT2D eigenvalue weighted by atomic mass is 10.2. The van der Waals surface area contributed by atoms with Crippen LogP contribution in [0.15, 0.2) is 61.1 Å². The average Bonchev–Trinajstić information content (AvgIpc) is 2.80. The smallest absolute Gasteiger partial charge is 0.274 e. The van der Waals surface area contributed by atoms with Gasteiger partial charge in [0.1, 0.15) is 29.4 Å². The molecule has 0 aliphatic carbocycles. The fourth-order valence-electron chi connectivity index (χ4n) is 3.28. The molecule has 3 aromatic rings. The van der Waals surface area contributed by atoms with Gasteiger partial charge in [-0.2, -0.15) is 0 Å². The van der Waals surface area contributed by atoms with Crippen LogP contribution in [0.3, 0.4) is 0 Å². The van der Waals surface area contributed by atoms with Crippen molar-refractivity contribution in [1.82, 2.24) is 15.0 Å². The fraction of sp³-hybridized carbons (Fsp3) is 0.238. The Labute approximate surface area is 169 Å². The number of nitrogens with zero attached hydrogens (tertiary/aromatic N) is 5. The van der Waals surface area contributed by atoms with Gasteiger partial charge in [0.2, 0.25) is 0 Å². The number of anilines is 3. The summed E-state index contributed by atoms with van der Waals surface area (Å²) in [6.45, 7) is 3.26. The molecular weight excluding hydrogens is 368 g/mol. The van der Waals surface area contributed by atoms with Gasteiger partial charge in [0.05, 0.1) is 12.8 Å². The second-order valence-corrected chi connectivity index (χ2v) is 6.58. The molecule has 2 aromatic heterocycles. The van der Waals surface area contributed by atoms with Crippen LogP contribution in [0.5, 0.6) is 5.75 Å². The number of nitrogens with one attached hydrogen (secondary N) is 1. The van der Waals surface area contributed by atoms with Crippen LogP contribution in [-0.2, 0) is 0 Å². The number of carbonyl (C=O) groups is 1. The Bertz CT molecular complexity index is 974. The van der Waals surface area contributed by atoms with Gasteiger partial charge in [0.15, 0.2) is 0 Å². The minimum absolute atomic E-state index is 0.301. The Kier molecular flexibility index (Phi) is 5.51. The standard InChI is InChI=1S/C21H22N6O2/c1-29-18-7-3-2-6-16(18)25-21(28)17-14-20(24-15-23-17)27-12-10-26(11-13-27)19-8-4-5-9-22-19/h2-9,14-15H,10-13H2,1H3,(H,25,28). The van der Waals surface area contributed by atoms with Crippen LogP contribution < -0.4 is 19.9 Å². The first-order chi connectivity index (χ1) is 14.2. The van der Waals surface area contributed by atoms with Gasteiger partial charge in [0.25, 0.3) is 5.91 Å². The van der Waals surface area contributed by atoms with Crippen LogP contribution in [0.2, 0.25) is 0 Å². The number of aromatic nitrogens is 3. The first-order valence-corrected chi connectivity index (χ1v) is 9.42. The average molecular weight is 390 g/mol. The number of pyridine rings is 1. The van der Waals surface area contributed by atoms with E-state index in [4.69, 9.17) is 4.74 Å². The molecule has 1 N–H and O–H groups in total. The van der Waals surface area contributed by atoms with Crippen LogP contribution in [-0.4, -0.2) is 54.1 Å². The predicted molar refractivity (Wildman–Crippen MR) is 112 cm³/mol. The Morgan fingerprint density at radius 2 is 1.66 bits per heavy atom. The number of piperazine rings is 1. The number of carbonyl (C=O) groups excluding carboxylic acids is 1. The second kappa shape index (κ2) is 8.55. The van der Waals surface area contributed by atoms with Crippen LogP contribution in [0.4, 0.5) is 17.3 Å². The zero-order valence-electron chi connectivity index (χ0n) is 16.2. The van der Waals surface area contributed by atoms with Crippen molar-refractivity contribution in [3.8, 4) is 5.75 Å². The number of amides is 1. The summed E-state index contributed by atoms with van der Waals surface area (Å²) in [5.41, 5.74) is 0.914. The number of para-hydroxylation sites is 2. The van der Waals surface area contributed by atoms with E-state index in [1.165, 1.54) is 6.33 Å². The summed E-state index contributed by atoms with van der Waals surface area (Å²) in [6, 6.07) is 14.9. The van der Waals surface area contributed by atoms with E-state index in [2.05, 4.69) is 30.1 Å². The molecule has 0 atom stereocenters. The topological polar surface area (TPSA) is 83.5 Å². The molecule has 0 radical (unpaired) electrons. The van der Waals surface area contributed by atoms with Gasteiger partial charge in [-0.05, 0) is 24.3 Å². The highest BCUT2D eigenvalue weighted by atomic mass is 16.5. The minimum Gasteiger partial charge on any atom is -0.495 e. The monoisotopic (exact) mass is 390 g/mol. The van der Waals surface area contributed by atoms with E-state index in [0.29, 0.717) is 17.1 Å². The lowest BCUT2D eigenvalue weighted by Crippen LogP contribution is -2.47. The molecule has 0 spiro atoms. The van der Waals surface area contributed by atoms with E-state index >= 15 is 0 Å². The molecule has 1 amide bonds. The Morgan fingerprint density at radius 1 is 0.931 bits per heavy atom. The summed E-state index contributed by atoms with van der Waals surface area (Å²) in [5, 5.41) is 2.85. The maximum Gasteiger partial charge on any atom is 0.274 e. The van der Waals surface area contributed by atoms with Crippen molar-refractivity contribution in [3.63, 3.8) is 0 Å². The molecule has 1 aliphatic heterocycles. The Balaban J connectivity index is 1.43. The summed E-state index contributed by atoms with van der Waals surface area (Å²) in [4.78, 5) is 30.0. The highest BCUT2D eigenvalue weighted by Gasteiger charge is 2.20. The highest BCUT2D eigenvalue weighted by Crippen LogP contribution is 2.24. The number of hydrogen-bond donors (Lipinski definition) is 1. The molecular formula is C21H22N6O2. The predicted octanol–water partition coefficient (Wildman–Crippen LogP) is 2.46. The van der Waals surface area contributed by atoms with E-state index in [1.807, 2.05) is 30.3 Å². The molecule has 0 unspecified atom stereocenters. The van der Waals surface area contributed by atoms with E-state index in [0.717, 1.165) is 37.8 Å².